The van der Waals surface area contributed by atoms with Crippen molar-refractivity contribution in [1.82, 2.24) is 0 Å². The van der Waals surface area contributed by atoms with Gasteiger partial charge in [-0.25, -0.2) is 0 Å². The molecule has 0 fully saturated rings. The lowest BCUT2D eigenvalue weighted by atomic mass is 9.97. The van der Waals surface area contributed by atoms with Crippen molar-refractivity contribution in [3.63, 3.8) is 0 Å². The zero-order valence-electron chi connectivity index (χ0n) is 14.4. The highest BCUT2D eigenvalue weighted by molar-refractivity contribution is 9.10. The fourth-order valence-electron chi connectivity index (χ4n) is 3.04. The molecule has 0 atom stereocenters. The molecule has 0 saturated carbocycles. The number of ether oxygens (including phenoxy) is 1. The van der Waals surface area contributed by atoms with Gasteiger partial charge in [-0.3, -0.25) is 4.79 Å². The first kappa shape index (κ1) is 17.4. The van der Waals surface area contributed by atoms with E-state index in [4.69, 9.17) is 9.15 Å². The number of methoxy groups -OCH3 is 1. The molecule has 0 bridgehead atoms. The van der Waals surface area contributed by atoms with E-state index in [0.717, 1.165) is 5.56 Å². The minimum atomic E-state index is -0.183. The highest BCUT2D eigenvalue weighted by Crippen LogP contribution is 2.38. The standard InChI is InChI=1S/C22H15BrO4/c1-26-15-9-6-13(7-10-15)22-20(17-12-14(24)8-11-19(17)27-22)21(25)16-4-2-3-5-18(16)23/h2-12,24H,1H3. The maximum Gasteiger partial charge on any atom is 0.198 e. The Kier molecular flexibility index (Phi) is 4.46. The monoisotopic (exact) mass is 422 g/mol. The van der Waals surface area contributed by atoms with E-state index in [1.54, 1.807) is 25.3 Å². The Hall–Kier alpha value is -3.05. The average molecular weight is 423 g/mol. The van der Waals surface area contributed by atoms with Crippen LogP contribution in [-0.4, -0.2) is 18.0 Å². The molecule has 4 aromatic rings. The fraction of sp³-hybridized carbons (Fsp3) is 0.0455. The van der Waals surface area contributed by atoms with E-state index in [9.17, 15) is 9.90 Å². The molecule has 0 saturated heterocycles. The van der Waals surface area contributed by atoms with Crippen molar-refractivity contribution < 1.29 is 19.1 Å². The summed E-state index contributed by atoms with van der Waals surface area (Å²) in [6.45, 7) is 0. The van der Waals surface area contributed by atoms with Gasteiger partial charge in [-0.05, 0) is 54.6 Å². The van der Waals surface area contributed by atoms with E-state index in [1.165, 1.54) is 6.07 Å². The second-order valence-corrected chi connectivity index (χ2v) is 6.88. The molecular formula is C22H15BrO4. The third kappa shape index (κ3) is 3.11. The molecule has 0 aliphatic heterocycles. The Morgan fingerprint density at radius 1 is 1.04 bits per heavy atom. The van der Waals surface area contributed by atoms with Crippen molar-refractivity contribution in [3.05, 3.63) is 82.3 Å². The van der Waals surface area contributed by atoms with Crippen LogP contribution in [0.4, 0.5) is 0 Å². The van der Waals surface area contributed by atoms with Crippen molar-refractivity contribution in [1.29, 1.82) is 0 Å². The molecule has 4 rings (SSSR count). The van der Waals surface area contributed by atoms with E-state index in [1.807, 2.05) is 42.5 Å². The number of rotatable bonds is 4. The number of fused-ring (bicyclic) bond motifs is 1. The van der Waals surface area contributed by atoms with Gasteiger partial charge in [0.1, 0.15) is 22.8 Å². The minimum absolute atomic E-state index is 0.0748. The number of benzene rings is 3. The molecule has 134 valence electrons. The first-order valence-corrected chi connectivity index (χ1v) is 9.07. The number of ketones is 1. The molecule has 5 heteroatoms. The van der Waals surface area contributed by atoms with Crippen LogP contribution >= 0.6 is 15.9 Å². The number of phenols is 1. The third-order valence-electron chi connectivity index (χ3n) is 4.37. The maximum atomic E-state index is 13.4. The van der Waals surface area contributed by atoms with E-state index in [-0.39, 0.29) is 11.5 Å². The molecule has 0 amide bonds. The molecule has 27 heavy (non-hydrogen) atoms. The molecular weight excluding hydrogens is 408 g/mol. The number of carbonyl (C=O) groups is 1. The molecule has 0 radical (unpaired) electrons. The summed E-state index contributed by atoms with van der Waals surface area (Å²) in [6, 6.07) is 19.3. The molecule has 3 aromatic carbocycles. The minimum Gasteiger partial charge on any atom is -0.508 e. The molecule has 0 aliphatic rings. The molecule has 0 aliphatic carbocycles. The van der Waals surface area contributed by atoms with Gasteiger partial charge < -0.3 is 14.3 Å². The highest BCUT2D eigenvalue weighted by atomic mass is 79.9. The summed E-state index contributed by atoms with van der Waals surface area (Å²) in [4.78, 5) is 13.4. The Bertz CT molecular complexity index is 1140. The largest absolute Gasteiger partial charge is 0.508 e. The predicted molar refractivity (Wildman–Crippen MR) is 107 cm³/mol. The summed E-state index contributed by atoms with van der Waals surface area (Å²) in [5, 5.41) is 10.5. The van der Waals surface area contributed by atoms with Crippen LogP contribution in [0.3, 0.4) is 0 Å². The number of phenolic OH excluding ortho intramolecular Hbond substituents is 1. The molecule has 1 aromatic heterocycles. The molecule has 0 spiro atoms. The van der Waals surface area contributed by atoms with Crippen LogP contribution in [0.5, 0.6) is 11.5 Å². The van der Waals surface area contributed by atoms with E-state index in [2.05, 4.69) is 15.9 Å². The van der Waals surface area contributed by atoms with Gasteiger partial charge in [-0.2, -0.15) is 0 Å². The molecule has 4 nitrogen and oxygen atoms in total. The second kappa shape index (κ2) is 6.93. The lowest BCUT2D eigenvalue weighted by Gasteiger charge is -2.06. The van der Waals surface area contributed by atoms with Crippen LogP contribution in [0, 0.1) is 0 Å². The average Bonchev–Trinajstić information content (AvgIpc) is 3.06. The quantitative estimate of drug-likeness (QED) is 0.421. The highest BCUT2D eigenvalue weighted by Gasteiger charge is 2.24. The van der Waals surface area contributed by atoms with Crippen molar-refractivity contribution in [2.75, 3.05) is 7.11 Å². The molecule has 1 heterocycles. The van der Waals surface area contributed by atoms with E-state index >= 15 is 0 Å². The summed E-state index contributed by atoms with van der Waals surface area (Å²) in [5.74, 6) is 1.06. The van der Waals surface area contributed by atoms with Crippen molar-refractivity contribution in [2.24, 2.45) is 0 Å². The summed E-state index contributed by atoms with van der Waals surface area (Å²) < 4.78 is 11.9. The Morgan fingerprint density at radius 2 is 1.78 bits per heavy atom. The van der Waals surface area contributed by atoms with Crippen molar-refractivity contribution >= 4 is 32.7 Å². The van der Waals surface area contributed by atoms with Gasteiger partial charge in [-0.15, -0.1) is 0 Å². The van der Waals surface area contributed by atoms with Crippen molar-refractivity contribution in [3.8, 4) is 22.8 Å². The summed E-state index contributed by atoms with van der Waals surface area (Å²) in [6.07, 6.45) is 0. The van der Waals surface area contributed by atoms with E-state index < -0.39 is 0 Å². The Balaban J connectivity index is 1.97. The topological polar surface area (TPSA) is 59.7 Å². The van der Waals surface area contributed by atoms with Gasteiger partial charge in [0.2, 0.25) is 0 Å². The first-order valence-electron chi connectivity index (χ1n) is 8.27. The Morgan fingerprint density at radius 3 is 2.48 bits per heavy atom. The first-order chi connectivity index (χ1) is 13.1. The lowest BCUT2D eigenvalue weighted by Crippen LogP contribution is -2.03. The number of hydrogen-bond acceptors (Lipinski definition) is 4. The predicted octanol–water partition coefficient (Wildman–Crippen LogP) is 5.81. The van der Waals surface area contributed by atoms with Gasteiger partial charge in [0, 0.05) is 21.0 Å². The fourth-order valence-corrected chi connectivity index (χ4v) is 3.50. The van der Waals surface area contributed by atoms with Gasteiger partial charge in [0.05, 0.1) is 12.7 Å². The zero-order valence-corrected chi connectivity index (χ0v) is 16.0. The number of furan rings is 1. The van der Waals surface area contributed by atoms with Crippen LogP contribution in [0.25, 0.3) is 22.3 Å². The normalized spacial score (nSPS) is 10.9. The summed E-state index contributed by atoms with van der Waals surface area (Å²) in [7, 11) is 1.60. The second-order valence-electron chi connectivity index (χ2n) is 6.02. The van der Waals surface area contributed by atoms with Crippen LogP contribution in [-0.2, 0) is 0 Å². The summed E-state index contributed by atoms with van der Waals surface area (Å²) in [5.41, 5.74) is 2.23. The molecule has 1 N–H and O–H groups in total. The summed E-state index contributed by atoms with van der Waals surface area (Å²) >= 11 is 3.44. The molecule has 0 unspecified atom stereocenters. The number of hydrogen-bond donors (Lipinski definition) is 1. The van der Waals surface area contributed by atoms with Gasteiger partial charge in [0.15, 0.2) is 5.78 Å². The third-order valence-corrected chi connectivity index (χ3v) is 5.06. The lowest BCUT2D eigenvalue weighted by molar-refractivity contribution is 0.103. The number of carbonyl (C=O) groups excluding carboxylic acids is 1. The van der Waals surface area contributed by atoms with Gasteiger partial charge in [-0.1, -0.05) is 28.1 Å². The van der Waals surface area contributed by atoms with Crippen LogP contribution in [0.2, 0.25) is 0 Å². The zero-order chi connectivity index (χ0) is 19.0. The maximum absolute atomic E-state index is 13.4. The number of halogens is 1. The Labute approximate surface area is 164 Å². The van der Waals surface area contributed by atoms with Crippen molar-refractivity contribution in [2.45, 2.75) is 0 Å². The van der Waals surface area contributed by atoms with Gasteiger partial charge in [0.25, 0.3) is 0 Å². The number of aromatic hydroxyl groups is 1. The smallest absolute Gasteiger partial charge is 0.198 e. The van der Waals surface area contributed by atoms with Crippen LogP contribution in [0.1, 0.15) is 15.9 Å². The van der Waals surface area contributed by atoms with Gasteiger partial charge >= 0.3 is 0 Å². The van der Waals surface area contributed by atoms with E-state index in [0.29, 0.717) is 38.1 Å². The SMILES string of the molecule is COc1ccc(-c2oc3ccc(O)cc3c2C(=O)c2ccccc2Br)cc1. The van der Waals surface area contributed by atoms with Crippen LogP contribution in [0.15, 0.2) is 75.6 Å². The van der Waals surface area contributed by atoms with Crippen LogP contribution < -0.4 is 4.74 Å².